The van der Waals surface area contributed by atoms with E-state index in [0.717, 1.165) is 31.5 Å². The van der Waals surface area contributed by atoms with Gasteiger partial charge in [0.25, 0.3) is 0 Å². The lowest BCUT2D eigenvalue weighted by atomic mass is 9.93. The summed E-state index contributed by atoms with van der Waals surface area (Å²) in [5.41, 5.74) is 0.901. The van der Waals surface area contributed by atoms with Gasteiger partial charge in [0.05, 0.1) is 6.42 Å². The van der Waals surface area contributed by atoms with Crippen molar-refractivity contribution in [3.05, 3.63) is 34.9 Å². The average Bonchev–Trinajstić information content (AvgIpc) is 2.66. The van der Waals surface area contributed by atoms with Crippen LogP contribution in [0.15, 0.2) is 24.3 Å². The second kappa shape index (κ2) is 12.6. The van der Waals surface area contributed by atoms with Crippen molar-refractivity contribution >= 4 is 41.8 Å². The van der Waals surface area contributed by atoms with E-state index in [-0.39, 0.29) is 55.4 Å². The number of carbonyl (C=O) groups excluding carboxylic acids is 2. The fraction of sp³-hybridized carbons (Fsp3) is 0.526. The number of carboxylic acid groups (broad SMARTS) is 1. The molecule has 0 bridgehead atoms. The molecule has 9 heteroatoms. The number of amides is 2. The van der Waals surface area contributed by atoms with Crippen LogP contribution in [-0.2, 0) is 14.4 Å². The summed E-state index contributed by atoms with van der Waals surface area (Å²) >= 11 is 5.94. The first-order valence-electron chi connectivity index (χ1n) is 9.18. The molecule has 28 heavy (non-hydrogen) atoms. The summed E-state index contributed by atoms with van der Waals surface area (Å²) in [6, 6.07) is 7.18. The van der Waals surface area contributed by atoms with Crippen LogP contribution < -0.4 is 16.0 Å². The van der Waals surface area contributed by atoms with Crippen LogP contribution in [0.3, 0.4) is 0 Å². The minimum Gasteiger partial charge on any atom is -0.481 e. The summed E-state index contributed by atoms with van der Waals surface area (Å²) < 4.78 is 0. The second-order valence-electron chi connectivity index (χ2n) is 6.72. The summed E-state index contributed by atoms with van der Waals surface area (Å²) in [5, 5.41) is 18.1. The van der Waals surface area contributed by atoms with Gasteiger partial charge in [-0.2, -0.15) is 0 Å². The maximum atomic E-state index is 12.4. The smallest absolute Gasteiger partial charge is 0.305 e. The molecule has 1 fully saturated rings. The van der Waals surface area contributed by atoms with E-state index in [1.54, 1.807) is 12.1 Å². The second-order valence-corrected chi connectivity index (χ2v) is 7.15. The van der Waals surface area contributed by atoms with Crippen LogP contribution in [0.25, 0.3) is 0 Å². The van der Waals surface area contributed by atoms with Crippen molar-refractivity contribution in [2.24, 2.45) is 5.92 Å². The molecule has 7 nitrogen and oxygen atoms in total. The number of hydrogen-bond donors (Lipinski definition) is 4. The molecule has 1 saturated heterocycles. The number of benzene rings is 1. The molecule has 0 unspecified atom stereocenters. The molecule has 1 aromatic carbocycles. The molecular weight excluding hydrogens is 405 g/mol. The van der Waals surface area contributed by atoms with Crippen LogP contribution in [0, 0.1) is 5.92 Å². The lowest BCUT2D eigenvalue weighted by Gasteiger charge is -2.24. The number of aliphatic carboxylic acids is 1. The van der Waals surface area contributed by atoms with Crippen LogP contribution in [0.2, 0.25) is 5.02 Å². The molecule has 0 radical (unpaired) electrons. The van der Waals surface area contributed by atoms with E-state index in [0.29, 0.717) is 11.6 Å². The van der Waals surface area contributed by atoms with Crippen molar-refractivity contribution in [2.75, 3.05) is 26.2 Å². The Bertz CT molecular complexity index is 649. The Hall–Kier alpha value is -1.83. The van der Waals surface area contributed by atoms with Gasteiger partial charge in [0, 0.05) is 36.4 Å². The summed E-state index contributed by atoms with van der Waals surface area (Å²) in [7, 11) is 0. The molecule has 2 amide bonds. The molecule has 0 aromatic heterocycles. The van der Waals surface area contributed by atoms with Gasteiger partial charge in [-0.05, 0) is 43.6 Å². The fourth-order valence-electron chi connectivity index (χ4n) is 3.10. The van der Waals surface area contributed by atoms with Crippen molar-refractivity contribution in [1.29, 1.82) is 0 Å². The van der Waals surface area contributed by atoms with Crippen molar-refractivity contribution in [3.63, 3.8) is 0 Å². The first-order chi connectivity index (χ1) is 13.0. The fourth-order valence-corrected chi connectivity index (χ4v) is 3.23. The summed E-state index contributed by atoms with van der Waals surface area (Å²) in [6.07, 6.45) is 1.66. The quantitative estimate of drug-likeness (QED) is 0.477. The Morgan fingerprint density at radius 2 is 1.79 bits per heavy atom. The van der Waals surface area contributed by atoms with Crippen molar-refractivity contribution in [3.8, 4) is 0 Å². The van der Waals surface area contributed by atoms with E-state index in [2.05, 4.69) is 16.0 Å². The highest BCUT2D eigenvalue weighted by atomic mass is 35.5. The van der Waals surface area contributed by atoms with Crippen molar-refractivity contribution in [2.45, 2.75) is 31.6 Å². The molecule has 1 heterocycles. The highest BCUT2D eigenvalue weighted by Gasteiger charge is 2.23. The van der Waals surface area contributed by atoms with Gasteiger partial charge in [-0.15, -0.1) is 12.4 Å². The van der Waals surface area contributed by atoms with Gasteiger partial charge < -0.3 is 21.1 Å². The third kappa shape index (κ3) is 8.46. The van der Waals surface area contributed by atoms with Gasteiger partial charge in [-0.3, -0.25) is 14.4 Å². The monoisotopic (exact) mass is 431 g/mol. The third-order valence-corrected chi connectivity index (χ3v) is 4.92. The number of rotatable bonds is 9. The van der Waals surface area contributed by atoms with E-state index >= 15 is 0 Å². The Morgan fingerprint density at radius 1 is 1.14 bits per heavy atom. The van der Waals surface area contributed by atoms with E-state index in [1.165, 1.54) is 0 Å². The topological polar surface area (TPSA) is 108 Å². The molecule has 1 atom stereocenters. The Morgan fingerprint density at radius 3 is 2.39 bits per heavy atom. The molecule has 2 rings (SSSR count). The van der Waals surface area contributed by atoms with Crippen LogP contribution in [0.1, 0.15) is 37.2 Å². The zero-order valence-corrected chi connectivity index (χ0v) is 17.2. The highest BCUT2D eigenvalue weighted by Crippen LogP contribution is 2.22. The molecule has 1 aromatic rings. The minimum absolute atomic E-state index is 0. The number of nitrogens with one attached hydrogen (secondary N) is 3. The van der Waals surface area contributed by atoms with E-state index in [4.69, 9.17) is 16.7 Å². The van der Waals surface area contributed by atoms with E-state index in [9.17, 15) is 14.4 Å². The summed E-state index contributed by atoms with van der Waals surface area (Å²) in [6.45, 7) is 2.11. The maximum Gasteiger partial charge on any atom is 0.305 e. The van der Waals surface area contributed by atoms with Gasteiger partial charge in [0.15, 0.2) is 0 Å². The zero-order valence-electron chi connectivity index (χ0n) is 15.6. The van der Waals surface area contributed by atoms with Gasteiger partial charge >= 0.3 is 5.97 Å². The lowest BCUT2D eigenvalue weighted by molar-refractivity contribution is -0.137. The minimum atomic E-state index is -0.959. The summed E-state index contributed by atoms with van der Waals surface area (Å²) in [5.74, 6) is -1.40. The predicted octanol–water partition coefficient (Wildman–Crippen LogP) is 1.94. The first kappa shape index (κ1) is 24.2. The van der Waals surface area contributed by atoms with Crippen molar-refractivity contribution in [1.82, 2.24) is 16.0 Å². The molecule has 0 saturated carbocycles. The molecule has 4 N–H and O–H groups in total. The zero-order chi connectivity index (χ0) is 19.6. The largest absolute Gasteiger partial charge is 0.481 e. The van der Waals surface area contributed by atoms with Crippen LogP contribution in [-0.4, -0.2) is 49.1 Å². The van der Waals surface area contributed by atoms with Gasteiger partial charge in [-0.25, -0.2) is 0 Å². The average molecular weight is 432 g/mol. The lowest BCUT2D eigenvalue weighted by Crippen LogP contribution is -2.40. The van der Waals surface area contributed by atoms with Crippen LogP contribution in [0.4, 0.5) is 0 Å². The van der Waals surface area contributed by atoms with Gasteiger partial charge in [0.1, 0.15) is 0 Å². The normalized spacial score (nSPS) is 15.2. The molecular formula is C19H27Cl2N3O4. The number of piperidine rings is 1. The molecule has 156 valence electrons. The maximum absolute atomic E-state index is 12.4. The predicted molar refractivity (Wildman–Crippen MR) is 110 cm³/mol. The first-order valence-corrected chi connectivity index (χ1v) is 9.56. The highest BCUT2D eigenvalue weighted by molar-refractivity contribution is 6.30. The molecule has 0 spiro atoms. The summed E-state index contributed by atoms with van der Waals surface area (Å²) in [4.78, 5) is 35.1. The standard InChI is InChI=1S/C19H26ClN3O4.ClH/c20-16-3-1-13(2-4-16)15(11-17(24)22-10-7-18(25)26)12-23-19(27)14-5-8-21-9-6-14;/h1-4,14-15,21H,5-12H2,(H,22,24)(H,23,27)(H,25,26);1H/t15-;/m0./s1. The van der Waals surface area contributed by atoms with E-state index in [1.807, 2.05) is 12.1 Å². The Kier molecular flexibility index (Phi) is 10.9. The number of hydrogen-bond acceptors (Lipinski definition) is 4. The molecule has 0 aliphatic carbocycles. The Balaban J connectivity index is 0.00000392. The Labute approximate surface area is 176 Å². The number of carbonyl (C=O) groups is 3. The van der Waals surface area contributed by atoms with Crippen molar-refractivity contribution < 1.29 is 19.5 Å². The molecule has 1 aliphatic heterocycles. The molecule has 1 aliphatic rings. The van der Waals surface area contributed by atoms with Gasteiger partial charge in [-0.1, -0.05) is 23.7 Å². The number of carboxylic acids is 1. The van der Waals surface area contributed by atoms with Crippen LogP contribution >= 0.6 is 24.0 Å². The third-order valence-electron chi connectivity index (χ3n) is 4.67. The van der Waals surface area contributed by atoms with Crippen LogP contribution in [0.5, 0.6) is 0 Å². The van der Waals surface area contributed by atoms with Gasteiger partial charge in [0.2, 0.25) is 11.8 Å². The van der Waals surface area contributed by atoms with E-state index < -0.39 is 5.97 Å². The SMILES string of the molecule is Cl.O=C(O)CCNC(=O)C[C@@H](CNC(=O)C1CCNCC1)c1ccc(Cl)cc1. The number of halogens is 2.